The summed E-state index contributed by atoms with van der Waals surface area (Å²) in [4.78, 5) is 20.6. The molecule has 244 valence electrons. The largest absolute Gasteiger partial charge is 0.487 e. The second-order valence-electron chi connectivity index (χ2n) is 11.8. The van der Waals surface area contributed by atoms with Crippen LogP contribution in [0.4, 0.5) is 10.1 Å². The van der Waals surface area contributed by atoms with Crippen molar-refractivity contribution >= 4 is 22.5 Å². The highest BCUT2D eigenvalue weighted by Crippen LogP contribution is 2.43. The topological polar surface area (TPSA) is 179 Å². The van der Waals surface area contributed by atoms with Gasteiger partial charge in [-0.25, -0.2) is 4.39 Å². The summed E-state index contributed by atoms with van der Waals surface area (Å²) in [6.07, 6.45) is -3.99. The molecule has 5 heterocycles. The number of carbonyl (C=O) groups is 1. The summed E-state index contributed by atoms with van der Waals surface area (Å²) in [6, 6.07) is 10.1. The Balaban J connectivity index is 0.966. The molecule has 6 atom stereocenters. The summed E-state index contributed by atoms with van der Waals surface area (Å²) in [6.45, 7) is 0.809. The third kappa shape index (κ3) is 5.38. The van der Waals surface area contributed by atoms with Crippen molar-refractivity contribution in [3.05, 3.63) is 70.9 Å². The number of aromatic amines is 1. The first kappa shape index (κ1) is 30.5. The molecule has 0 bridgehead atoms. The molecule has 4 aromatic rings. The summed E-state index contributed by atoms with van der Waals surface area (Å²) in [7, 11) is 1.91. The predicted octanol–water partition coefficient (Wildman–Crippen LogP) is 0.831. The van der Waals surface area contributed by atoms with Crippen LogP contribution in [-0.4, -0.2) is 109 Å². The fraction of sp³-hybridized carbons (Fsp3) is 0.452. The van der Waals surface area contributed by atoms with Gasteiger partial charge in [-0.1, -0.05) is 5.21 Å². The monoisotopic (exact) mass is 638 g/mol. The maximum atomic E-state index is 13.9. The predicted molar refractivity (Wildman–Crippen MR) is 159 cm³/mol. The molecular weight excluding hydrogens is 603 g/mol. The SMILES string of the molecule is CN1c2ccc(F)cc2C(=O)N2CCc3c([nH]c4ccc(OCc5cn(CCCO[C@@H]6O[C@H](CO)[C@@H](O)[C@H](O)[C@H]6O)nn5)cc34)[C@H]21. The van der Waals surface area contributed by atoms with Gasteiger partial charge in [0.25, 0.3) is 5.91 Å². The molecule has 15 heteroatoms. The van der Waals surface area contributed by atoms with Crippen molar-refractivity contribution in [2.24, 2.45) is 0 Å². The minimum absolute atomic E-state index is 0.170. The van der Waals surface area contributed by atoms with Gasteiger partial charge in [0, 0.05) is 31.0 Å². The number of hydrogen-bond donors (Lipinski definition) is 5. The number of aryl methyl sites for hydroxylation is 1. The minimum atomic E-state index is -1.49. The first-order chi connectivity index (χ1) is 22.2. The lowest BCUT2D eigenvalue weighted by molar-refractivity contribution is -0.301. The van der Waals surface area contributed by atoms with Gasteiger partial charge in [0.05, 0.1) is 36.4 Å². The lowest BCUT2D eigenvalue weighted by atomic mass is 9.96. The van der Waals surface area contributed by atoms with Gasteiger partial charge in [-0.15, -0.1) is 5.10 Å². The van der Waals surface area contributed by atoms with Gasteiger partial charge in [0.15, 0.2) is 6.29 Å². The zero-order valence-electron chi connectivity index (χ0n) is 25.0. The Bertz CT molecular complexity index is 1750. The molecule has 3 aliphatic rings. The van der Waals surface area contributed by atoms with Gasteiger partial charge in [-0.05, 0) is 54.8 Å². The highest BCUT2D eigenvalue weighted by atomic mass is 19.1. The first-order valence-corrected chi connectivity index (χ1v) is 15.1. The number of H-pyrrole nitrogens is 1. The molecule has 0 radical (unpaired) electrons. The number of nitrogens with one attached hydrogen (secondary N) is 1. The van der Waals surface area contributed by atoms with Gasteiger partial charge in [-0.2, -0.15) is 0 Å². The summed E-state index contributed by atoms with van der Waals surface area (Å²) in [5, 5.41) is 48.5. The Morgan fingerprint density at radius 3 is 2.80 bits per heavy atom. The number of aliphatic hydroxyl groups is 4. The van der Waals surface area contributed by atoms with Crippen LogP contribution < -0.4 is 9.64 Å². The average molecular weight is 639 g/mol. The van der Waals surface area contributed by atoms with E-state index in [0.717, 1.165) is 22.2 Å². The van der Waals surface area contributed by atoms with Crippen LogP contribution in [0.15, 0.2) is 42.6 Å². The van der Waals surface area contributed by atoms with Crippen molar-refractivity contribution in [2.45, 2.75) is 62.9 Å². The lowest BCUT2D eigenvalue weighted by Gasteiger charge is -2.46. The third-order valence-corrected chi connectivity index (χ3v) is 8.90. The lowest BCUT2D eigenvalue weighted by Crippen LogP contribution is -2.59. The number of nitrogens with zero attached hydrogens (tertiary/aromatic N) is 5. The number of aromatic nitrogens is 4. The highest BCUT2D eigenvalue weighted by Gasteiger charge is 2.44. The van der Waals surface area contributed by atoms with Crippen LogP contribution in [0.2, 0.25) is 0 Å². The number of hydrogen-bond acceptors (Lipinski definition) is 11. The number of amides is 1. The molecule has 1 amide bonds. The highest BCUT2D eigenvalue weighted by molar-refractivity contribution is 6.02. The standard InChI is InChI=1S/C31H35FN6O8/c1-36-23-6-3-16(32)11-21(23)30(43)38-9-7-19-20-12-18(4-5-22(20)33-25(19)29(36)38)45-15-17-13-37(35-34-17)8-2-10-44-31-28(42)27(41)26(40)24(14-39)46-31/h3-6,11-13,24,26-29,31,33,39-42H,2,7-10,14-15H2,1H3/t24-,26-,27+,28-,29+,31-/m1/s1. The molecule has 0 aliphatic carbocycles. The molecule has 46 heavy (non-hydrogen) atoms. The van der Waals surface area contributed by atoms with E-state index < -0.39 is 43.1 Å². The normalized spacial score (nSPS) is 25.8. The molecule has 1 fully saturated rings. The maximum Gasteiger partial charge on any atom is 0.258 e. The van der Waals surface area contributed by atoms with Crippen LogP contribution in [0.25, 0.3) is 10.9 Å². The number of halogens is 1. The van der Waals surface area contributed by atoms with E-state index in [1.54, 1.807) is 21.8 Å². The molecule has 14 nitrogen and oxygen atoms in total. The zero-order valence-corrected chi connectivity index (χ0v) is 25.0. The Morgan fingerprint density at radius 1 is 1.13 bits per heavy atom. The van der Waals surface area contributed by atoms with Gasteiger partial charge in [0.1, 0.15) is 54.4 Å². The summed E-state index contributed by atoms with van der Waals surface area (Å²) in [5.74, 6) is 0.0467. The minimum Gasteiger partial charge on any atom is -0.487 e. The van der Waals surface area contributed by atoms with E-state index in [-0.39, 0.29) is 25.3 Å². The fourth-order valence-electron chi connectivity index (χ4n) is 6.53. The molecule has 0 saturated carbocycles. The second kappa shape index (κ2) is 12.2. The molecular formula is C31H35FN6O8. The number of rotatable bonds is 9. The van der Waals surface area contributed by atoms with E-state index in [9.17, 15) is 29.6 Å². The fourth-order valence-corrected chi connectivity index (χ4v) is 6.53. The number of carbonyl (C=O) groups excluding carboxylic acids is 1. The van der Waals surface area contributed by atoms with Gasteiger partial charge >= 0.3 is 0 Å². The van der Waals surface area contributed by atoms with Crippen molar-refractivity contribution in [1.29, 1.82) is 0 Å². The zero-order chi connectivity index (χ0) is 32.1. The van der Waals surface area contributed by atoms with Crippen molar-refractivity contribution in [1.82, 2.24) is 24.9 Å². The van der Waals surface area contributed by atoms with Crippen LogP contribution in [-0.2, 0) is 29.0 Å². The number of fused-ring (bicyclic) bond motifs is 6. The van der Waals surface area contributed by atoms with Crippen LogP contribution in [0.5, 0.6) is 5.75 Å². The Labute approximate surface area is 262 Å². The third-order valence-electron chi connectivity index (χ3n) is 8.90. The molecule has 5 N–H and O–H groups in total. The number of aliphatic hydroxyl groups excluding tert-OH is 4. The average Bonchev–Trinajstić information content (AvgIpc) is 3.68. The van der Waals surface area contributed by atoms with Crippen LogP contribution in [0.1, 0.15) is 39.9 Å². The van der Waals surface area contributed by atoms with Gasteiger partial charge in [0.2, 0.25) is 0 Å². The van der Waals surface area contributed by atoms with Crippen LogP contribution >= 0.6 is 0 Å². The summed E-state index contributed by atoms with van der Waals surface area (Å²) >= 11 is 0. The summed E-state index contributed by atoms with van der Waals surface area (Å²) < 4.78 is 32.5. The molecule has 2 aromatic heterocycles. The second-order valence-corrected chi connectivity index (χ2v) is 11.8. The van der Waals surface area contributed by atoms with E-state index in [4.69, 9.17) is 14.2 Å². The van der Waals surface area contributed by atoms with E-state index in [1.807, 2.05) is 30.1 Å². The number of benzene rings is 2. The first-order valence-electron chi connectivity index (χ1n) is 15.1. The summed E-state index contributed by atoms with van der Waals surface area (Å²) in [5.41, 5.74) is 4.66. The molecule has 7 rings (SSSR count). The van der Waals surface area contributed by atoms with Gasteiger partial charge in [-0.3, -0.25) is 9.48 Å². The number of anilines is 1. The van der Waals surface area contributed by atoms with Crippen molar-refractivity contribution in [3.8, 4) is 5.75 Å². The maximum absolute atomic E-state index is 13.9. The molecule has 0 spiro atoms. The Kier molecular flexibility index (Phi) is 8.12. The van der Waals surface area contributed by atoms with Gasteiger partial charge < -0.3 is 49.4 Å². The molecule has 1 saturated heterocycles. The van der Waals surface area contributed by atoms with Crippen molar-refractivity contribution in [3.63, 3.8) is 0 Å². The van der Waals surface area contributed by atoms with Crippen molar-refractivity contribution in [2.75, 3.05) is 31.7 Å². The van der Waals surface area contributed by atoms with E-state index in [1.165, 1.54) is 12.1 Å². The smallest absolute Gasteiger partial charge is 0.258 e. The van der Waals surface area contributed by atoms with Crippen LogP contribution in [0.3, 0.4) is 0 Å². The van der Waals surface area contributed by atoms with Crippen LogP contribution in [0, 0.1) is 5.82 Å². The Hall–Kier alpha value is -4.12. The van der Waals surface area contributed by atoms with Crippen molar-refractivity contribution < 1.29 is 43.8 Å². The molecule has 2 aromatic carbocycles. The quantitative estimate of drug-likeness (QED) is 0.164. The molecule has 3 aliphatic heterocycles. The van der Waals surface area contributed by atoms with E-state index in [2.05, 4.69) is 15.3 Å². The Morgan fingerprint density at radius 2 is 1.98 bits per heavy atom. The number of ether oxygens (including phenoxy) is 3. The van der Waals surface area contributed by atoms with E-state index >= 15 is 0 Å². The molecule has 0 unspecified atom stereocenters. The van der Waals surface area contributed by atoms with E-state index in [0.29, 0.717) is 48.6 Å².